The summed E-state index contributed by atoms with van der Waals surface area (Å²) in [5.41, 5.74) is 12.2. The Hall–Kier alpha value is -1.95. The van der Waals surface area contributed by atoms with Crippen molar-refractivity contribution in [3.63, 3.8) is 0 Å². The third-order valence-electron chi connectivity index (χ3n) is 2.71. The Kier molecular flexibility index (Phi) is 7.68. The Morgan fingerprint density at radius 1 is 1.13 bits per heavy atom. The molecule has 0 heterocycles. The minimum Gasteiger partial charge on any atom is -1.00 e. The molecule has 0 fully saturated rings. The molecule has 8 heteroatoms. The zero-order chi connectivity index (χ0) is 15.9. The van der Waals surface area contributed by atoms with Gasteiger partial charge in [-0.05, 0) is 29.8 Å². The van der Waals surface area contributed by atoms with E-state index in [-0.39, 0.29) is 18.4 Å². The van der Waals surface area contributed by atoms with Crippen LogP contribution in [0.1, 0.15) is 11.1 Å². The zero-order valence-electron chi connectivity index (χ0n) is 12.0. The van der Waals surface area contributed by atoms with Gasteiger partial charge >= 0.3 is 0 Å². The van der Waals surface area contributed by atoms with Gasteiger partial charge in [0.2, 0.25) is 6.21 Å². The largest absolute Gasteiger partial charge is 1.00 e. The van der Waals surface area contributed by atoms with E-state index in [1.165, 1.54) is 0 Å². The Morgan fingerprint density at radius 2 is 1.83 bits per heavy atom. The maximum Gasteiger partial charge on any atom is 0.256 e. The number of nitrogens with two attached hydrogens (primary N) is 2. The van der Waals surface area contributed by atoms with Crippen LogP contribution in [-0.2, 0) is 6.61 Å². The van der Waals surface area contributed by atoms with Gasteiger partial charge < -0.3 is 28.6 Å². The molecule has 5 N–H and O–H groups in total. The lowest BCUT2D eigenvalue weighted by molar-refractivity contribution is -0.456. The minimum atomic E-state index is -0.0671. The normalized spacial score (nSPS) is 10.2. The summed E-state index contributed by atoms with van der Waals surface area (Å²) in [6.45, 7) is 0.391. The number of hydrogen-bond donors (Lipinski definition) is 3. The summed E-state index contributed by atoms with van der Waals surface area (Å²) < 4.78 is 5.72. The van der Waals surface area contributed by atoms with Crippen molar-refractivity contribution in [1.29, 1.82) is 0 Å². The van der Waals surface area contributed by atoms with Crippen molar-refractivity contribution >= 4 is 35.4 Å². The molecule has 0 amide bonds. The van der Waals surface area contributed by atoms with Gasteiger partial charge in [-0.1, -0.05) is 41.4 Å². The first-order valence-corrected chi connectivity index (χ1v) is 7.15. The molecule has 5 nitrogen and oxygen atoms in total. The smallest absolute Gasteiger partial charge is 0.256 e. The fourth-order valence-corrected chi connectivity index (χ4v) is 2.03. The Bertz CT molecular complexity index is 698. The van der Waals surface area contributed by atoms with Crippen LogP contribution in [0.5, 0.6) is 5.75 Å². The predicted molar refractivity (Wildman–Crippen MR) is 89.2 cm³/mol. The zero-order valence-corrected chi connectivity index (χ0v) is 14.2. The fraction of sp³-hybridized carbons (Fsp3) is 0.0667. The SMILES string of the molecule is NC(N)=N/[NH+]=C/c1cccc(OCc2ccc(Cl)cc2)c1Cl.[Cl-]. The van der Waals surface area contributed by atoms with Gasteiger partial charge in [-0.3, -0.25) is 0 Å². The van der Waals surface area contributed by atoms with Crippen molar-refractivity contribution in [3.05, 3.63) is 63.6 Å². The molecule has 0 aliphatic rings. The molecule has 0 spiro atoms. The van der Waals surface area contributed by atoms with Crippen molar-refractivity contribution in [2.45, 2.75) is 6.61 Å². The van der Waals surface area contributed by atoms with Gasteiger partial charge in [-0.25, -0.2) is 0 Å². The third-order valence-corrected chi connectivity index (χ3v) is 3.37. The summed E-state index contributed by atoms with van der Waals surface area (Å²) in [5.74, 6) is 0.499. The van der Waals surface area contributed by atoms with E-state index in [4.69, 9.17) is 39.4 Å². The van der Waals surface area contributed by atoms with Gasteiger partial charge in [0.25, 0.3) is 5.96 Å². The van der Waals surface area contributed by atoms with Gasteiger partial charge in [0.1, 0.15) is 12.4 Å². The second-order valence-electron chi connectivity index (χ2n) is 4.38. The van der Waals surface area contributed by atoms with E-state index in [0.717, 1.165) is 5.56 Å². The minimum absolute atomic E-state index is 0. The van der Waals surface area contributed by atoms with Crippen molar-refractivity contribution in [1.82, 2.24) is 0 Å². The van der Waals surface area contributed by atoms with Gasteiger partial charge in [-0.15, -0.1) is 5.10 Å². The number of guanidine groups is 1. The number of nitrogens with zero attached hydrogens (tertiary/aromatic N) is 1. The molecule has 0 aliphatic carbocycles. The molecule has 0 saturated heterocycles. The van der Waals surface area contributed by atoms with Crippen LogP contribution in [0.4, 0.5) is 0 Å². The highest BCUT2D eigenvalue weighted by Gasteiger charge is 2.08. The molecule has 0 unspecified atom stereocenters. The van der Waals surface area contributed by atoms with Crippen LogP contribution < -0.4 is 33.7 Å². The lowest BCUT2D eigenvalue weighted by atomic mass is 10.2. The highest BCUT2D eigenvalue weighted by Crippen LogP contribution is 2.27. The lowest BCUT2D eigenvalue weighted by Crippen LogP contribution is -3.00. The molecule has 2 aromatic carbocycles. The molecule has 2 aromatic rings. The molecule has 0 atom stereocenters. The van der Waals surface area contributed by atoms with Crippen LogP contribution in [0.25, 0.3) is 0 Å². The van der Waals surface area contributed by atoms with E-state index in [2.05, 4.69) is 10.2 Å². The average Bonchev–Trinajstić information content (AvgIpc) is 2.49. The molecule has 0 aromatic heterocycles. The monoisotopic (exact) mass is 372 g/mol. The van der Waals surface area contributed by atoms with Gasteiger partial charge in [0.05, 0.1) is 10.6 Å². The van der Waals surface area contributed by atoms with Gasteiger partial charge in [0.15, 0.2) is 0 Å². The van der Waals surface area contributed by atoms with E-state index in [0.29, 0.717) is 28.0 Å². The van der Waals surface area contributed by atoms with Crippen LogP contribution in [-0.4, -0.2) is 12.2 Å². The topological polar surface area (TPSA) is 87.6 Å². The number of benzene rings is 2. The summed E-state index contributed by atoms with van der Waals surface area (Å²) in [4.78, 5) is 0. The summed E-state index contributed by atoms with van der Waals surface area (Å²) in [7, 11) is 0. The molecule has 23 heavy (non-hydrogen) atoms. The average molecular weight is 374 g/mol. The first-order chi connectivity index (χ1) is 10.6. The lowest BCUT2D eigenvalue weighted by Gasteiger charge is -2.09. The van der Waals surface area contributed by atoms with Crippen molar-refractivity contribution in [3.8, 4) is 5.75 Å². The first-order valence-electron chi connectivity index (χ1n) is 6.39. The van der Waals surface area contributed by atoms with Crippen molar-refractivity contribution in [2.75, 3.05) is 0 Å². The number of ether oxygens (including phenoxy) is 1. The van der Waals surface area contributed by atoms with Gasteiger partial charge in [-0.2, -0.15) is 0 Å². The van der Waals surface area contributed by atoms with Crippen LogP contribution >= 0.6 is 23.2 Å². The summed E-state index contributed by atoms with van der Waals surface area (Å²) in [6, 6.07) is 12.8. The van der Waals surface area contributed by atoms with Crippen LogP contribution in [0, 0.1) is 0 Å². The second kappa shape index (κ2) is 9.25. The molecule has 122 valence electrons. The Labute approximate surface area is 150 Å². The molecule has 2 rings (SSSR count). The molecule has 0 aliphatic heterocycles. The number of halogens is 3. The summed E-state index contributed by atoms with van der Waals surface area (Å²) in [5, 5.41) is 7.41. The molecule has 0 saturated carbocycles. The van der Waals surface area contributed by atoms with E-state index >= 15 is 0 Å². The van der Waals surface area contributed by atoms with Crippen LogP contribution in [0.2, 0.25) is 10.0 Å². The van der Waals surface area contributed by atoms with E-state index in [9.17, 15) is 0 Å². The predicted octanol–water partition coefficient (Wildman–Crippen LogP) is -1.74. The maximum absolute atomic E-state index is 6.29. The number of hydrazone groups is 1. The number of hydrogen-bond acceptors (Lipinski definition) is 2. The van der Waals surface area contributed by atoms with Crippen LogP contribution in [0.15, 0.2) is 47.6 Å². The molecule has 0 radical (unpaired) electrons. The maximum atomic E-state index is 6.29. The van der Waals surface area contributed by atoms with E-state index < -0.39 is 0 Å². The highest BCUT2D eigenvalue weighted by atomic mass is 35.5. The number of nitrogens with one attached hydrogen (secondary N) is 1. The summed E-state index contributed by atoms with van der Waals surface area (Å²) >= 11 is 12.1. The van der Waals surface area contributed by atoms with Crippen molar-refractivity contribution < 1.29 is 22.2 Å². The first kappa shape index (κ1) is 19.1. The van der Waals surface area contributed by atoms with Gasteiger partial charge in [0, 0.05) is 10.1 Å². The number of rotatable bonds is 5. The second-order valence-corrected chi connectivity index (χ2v) is 5.20. The van der Waals surface area contributed by atoms with E-state index in [1.54, 1.807) is 12.3 Å². The Morgan fingerprint density at radius 3 is 2.48 bits per heavy atom. The summed E-state index contributed by atoms with van der Waals surface area (Å²) in [6.07, 6.45) is 1.58. The highest BCUT2D eigenvalue weighted by molar-refractivity contribution is 6.34. The third kappa shape index (κ3) is 5.98. The Balaban J connectivity index is 0.00000264. The molecular formula is C15H15Cl3N4O. The standard InChI is InChI=1S/C15H14Cl2N4O.ClH/c16-12-6-4-10(5-7-12)9-22-13-3-1-2-11(14(13)17)8-20-21-15(18)19;/h1-8H,9H2,(H4,18,19,21);1H/b20-8+;. The quantitative estimate of drug-likeness (QED) is 0.330. The van der Waals surface area contributed by atoms with Crippen molar-refractivity contribution in [2.24, 2.45) is 16.6 Å². The molecule has 0 bridgehead atoms. The van der Waals surface area contributed by atoms with Crippen LogP contribution in [0.3, 0.4) is 0 Å². The molecular weight excluding hydrogens is 359 g/mol. The van der Waals surface area contributed by atoms with E-state index in [1.807, 2.05) is 36.4 Å². The fourth-order valence-electron chi connectivity index (χ4n) is 1.67.